The van der Waals surface area contributed by atoms with E-state index in [4.69, 9.17) is 0 Å². The van der Waals surface area contributed by atoms with Gasteiger partial charge in [0.25, 0.3) is 0 Å². The monoisotopic (exact) mass is 283 g/mol. The van der Waals surface area contributed by atoms with E-state index in [1.54, 1.807) is 18.0 Å². The number of likely N-dealkylation sites (tertiary alicyclic amines) is 1. The minimum Gasteiger partial charge on any atom is -0.393 e. The van der Waals surface area contributed by atoms with Crippen LogP contribution in [0.15, 0.2) is 12.2 Å². The third kappa shape index (κ3) is 5.71. The lowest BCUT2D eigenvalue weighted by Crippen LogP contribution is -2.45. The molecular formula is C14H25N3O3. The number of likely N-dealkylation sites (N-methyl/N-ethyl adjacent to an activating group) is 2. The molecule has 0 aromatic heterocycles. The molecule has 1 heterocycles. The van der Waals surface area contributed by atoms with Crippen LogP contribution in [0.5, 0.6) is 0 Å². The number of hydrogen-bond acceptors (Lipinski definition) is 4. The molecule has 6 heteroatoms. The first-order valence-electron chi connectivity index (χ1n) is 6.92. The van der Waals surface area contributed by atoms with Crippen molar-refractivity contribution in [3.8, 4) is 0 Å². The minimum atomic E-state index is -0.299. The molecule has 0 unspecified atom stereocenters. The molecule has 0 atom stereocenters. The Morgan fingerprint density at radius 2 is 1.85 bits per heavy atom. The Morgan fingerprint density at radius 1 is 1.25 bits per heavy atom. The molecule has 1 N–H and O–H groups in total. The maximum atomic E-state index is 12.0. The summed E-state index contributed by atoms with van der Waals surface area (Å²) in [6, 6.07) is 0. The number of aliphatic hydroxyl groups is 1. The lowest BCUT2D eigenvalue weighted by molar-refractivity contribution is -0.138. The number of carbonyl (C=O) groups excluding carboxylic acids is 2. The molecular weight excluding hydrogens is 258 g/mol. The van der Waals surface area contributed by atoms with Crippen molar-refractivity contribution < 1.29 is 14.7 Å². The summed E-state index contributed by atoms with van der Waals surface area (Å²) in [7, 11) is 5.47. The Balaban J connectivity index is 2.37. The summed E-state index contributed by atoms with van der Waals surface area (Å²) in [6.45, 7) is 1.91. The quantitative estimate of drug-likeness (QED) is 0.694. The Hall–Kier alpha value is -1.40. The third-order valence-electron chi connectivity index (χ3n) is 3.30. The molecule has 20 heavy (non-hydrogen) atoms. The standard InChI is InChI=1S/C14H25N3O3/c1-15(2)8-4-5-13(19)16(3)11-14(20)17-9-6-12(18)7-10-17/h4-5,12,18H,6-11H2,1-3H3/b5-4+. The van der Waals surface area contributed by atoms with Gasteiger partial charge in [0.15, 0.2) is 0 Å². The van der Waals surface area contributed by atoms with Crippen molar-refractivity contribution in [2.45, 2.75) is 18.9 Å². The van der Waals surface area contributed by atoms with Crippen LogP contribution in [0.4, 0.5) is 0 Å². The zero-order valence-electron chi connectivity index (χ0n) is 12.6. The maximum absolute atomic E-state index is 12.0. The summed E-state index contributed by atoms with van der Waals surface area (Å²) >= 11 is 0. The molecule has 0 spiro atoms. The first-order valence-corrected chi connectivity index (χ1v) is 6.92. The van der Waals surface area contributed by atoms with Gasteiger partial charge in [-0.3, -0.25) is 9.59 Å². The molecule has 0 aliphatic carbocycles. The molecule has 0 saturated carbocycles. The van der Waals surface area contributed by atoms with Gasteiger partial charge in [-0.1, -0.05) is 6.08 Å². The normalized spacial score (nSPS) is 16.9. The van der Waals surface area contributed by atoms with Crippen LogP contribution in [0.3, 0.4) is 0 Å². The highest BCUT2D eigenvalue weighted by Crippen LogP contribution is 2.10. The topological polar surface area (TPSA) is 64.1 Å². The van der Waals surface area contributed by atoms with Crippen molar-refractivity contribution in [2.75, 3.05) is 47.3 Å². The van der Waals surface area contributed by atoms with Crippen LogP contribution < -0.4 is 0 Å². The van der Waals surface area contributed by atoms with Gasteiger partial charge in [0.2, 0.25) is 11.8 Å². The minimum absolute atomic E-state index is 0.0613. The van der Waals surface area contributed by atoms with Gasteiger partial charge in [-0.05, 0) is 26.9 Å². The van der Waals surface area contributed by atoms with Crippen molar-refractivity contribution >= 4 is 11.8 Å². The molecule has 1 saturated heterocycles. The molecule has 0 aromatic rings. The molecule has 6 nitrogen and oxygen atoms in total. The van der Waals surface area contributed by atoms with E-state index < -0.39 is 0 Å². The van der Waals surface area contributed by atoms with Crippen LogP contribution >= 0.6 is 0 Å². The average molecular weight is 283 g/mol. The Morgan fingerprint density at radius 3 is 2.40 bits per heavy atom. The summed E-state index contributed by atoms with van der Waals surface area (Å²) < 4.78 is 0. The summed E-state index contributed by atoms with van der Waals surface area (Å²) in [5.41, 5.74) is 0. The highest BCUT2D eigenvalue weighted by atomic mass is 16.3. The van der Waals surface area contributed by atoms with E-state index >= 15 is 0 Å². The van der Waals surface area contributed by atoms with Crippen LogP contribution in [-0.4, -0.2) is 85.0 Å². The molecule has 1 aliphatic heterocycles. The highest BCUT2D eigenvalue weighted by Gasteiger charge is 2.22. The number of amides is 2. The van der Waals surface area contributed by atoms with Gasteiger partial charge in [0, 0.05) is 32.8 Å². The fourth-order valence-corrected chi connectivity index (χ4v) is 1.99. The van der Waals surface area contributed by atoms with E-state index in [2.05, 4.69) is 0 Å². The number of rotatable bonds is 5. The lowest BCUT2D eigenvalue weighted by Gasteiger charge is -2.30. The average Bonchev–Trinajstić information content (AvgIpc) is 2.38. The fourth-order valence-electron chi connectivity index (χ4n) is 1.99. The Kier molecular flexibility index (Phi) is 6.67. The zero-order chi connectivity index (χ0) is 15.1. The van der Waals surface area contributed by atoms with E-state index in [1.165, 1.54) is 11.0 Å². The fraction of sp³-hybridized carbons (Fsp3) is 0.714. The summed E-state index contributed by atoms with van der Waals surface area (Å²) in [4.78, 5) is 28.9. The first kappa shape index (κ1) is 16.7. The number of hydrogen-bond donors (Lipinski definition) is 1. The van der Waals surface area contributed by atoms with Crippen LogP contribution in [0.2, 0.25) is 0 Å². The molecule has 0 radical (unpaired) electrons. The van der Waals surface area contributed by atoms with Gasteiger partial charge in [0.05, 0.1) is 12.6 Å². The predicted molar refractivity (Wildman–Crippen MR) is 77.2 cm³/mol. The number of aliphatic hydroxyl groups excluding tert-OH is 1. The Labute approximate surface area is 120 Å². The second-order valence-electron chi connectivity index (χ2n) is 5.47. The van der Waals surface area contributed by atoms with Gasteiger partial charge in [-0.15, -0.1) is 0 Å². The highest BCUT2D eigenvalue weighted by molar-refractivity contribution is 5.91. The van der Waals surface area contributed by atoms with Crippen LogP contribution in [0, 0.1) is 0 Å². The smallest absolute Gasteiger partial charge is 0.246 e. The van der Waals surface area contributed by atoms with E-state index in [0.717, 1.165) is 0 Å². The van der Waals surface area contributed by atoms with Crippen LogP contribution in [-0.2, 0) is 9.59 Å². The molecule has 114 valence electrons. The summed E-state index contributed by atoms with van der Waals surface area (Å²) in [5.74, 6) is -0.231. The number of carbonyl (C=O) groups is 2. The molecule has 2 amide bonds. The van der Waals surface area contributed by atoms with Crippen molar-refractivity contribution in [3.05, 3.63) is 12.2 Å². The van der Waals surface area contributed by atoms with Crippen molar-refractivity contribution in [1.82, 2.24) is 14.7 Å². The summed E-state index contributed by atoms with van der Waals surface area (Å²) in [6.07, 6.45) is 4.21. The second-order valence-corrected chi connectivity index (χ2v) is 5.47. The summed E-state index contributed by atoms with van der Waals surface area (Å²) in [5, 5.41) is 9.41. The lowest BCUT2D eigenvalue weighted by atomic mass is 10.1. The predicted octanol–water partition coefficient (Wildman–Crippen LogP) is -0.454. The molecule has 0 aromatic carbocycles. The number of piperidine rings is 1. The second kappa shape index (κ2) is 8.01. The maximum Gasteiger partial charge on any atom is 0.246 e. The van der Waals surface area contributed by atoms with Crippen LogP contribution in [0.25, 0.3) is 0 Å². The van der Waals surface area contributed by atoms with Crippen molar-refractivity contribution in [2.24, 2.45) is 0 Å². The molecule has 1 aliphatic rings. The van der Waals surface area contributed by atoms with Gasteiger partial charge in [-0.2, -0.15) is 0 Å². The SMILES string of the molecule is CN(C)C/C=C/C(=O)N(C)CC(=O)N1CCC(O)CC1. The Bertz CT molecular complexity index is 361. The zero-order valence-corrected chi connectivity index (χ0v) is 12.6. The molecule has 1 rings (SSSR count). The van der Waals surface area contributed by atoms with Crippen molar-refractivity contribution in [1.29, 1.82) is 0 Å². The van der Waals surface area contributed by atoms with E-state index in [9.17, 15) is 14.7 Å². The van der Waals surface area contributed by atoms with Gasteiger partial charge >= 0.3 is 0 Å². The van der Waals surface area contributed by atoms with Gasteiger partial charge < -0.3 is 19.8 Å². The van der Waals surface area contributed by atoms with Crippen molar-refractivity contribution in [3.63, 3.8) is 0 Å². The third-order valence-corrected chi connectivity index (χ3v) is 3.30. The largest absolute Gasteiger partial charge is 0.393 e. The molecule has 0 bridgehead atoms. The van der Waals surface area contributed by atoms with E-state index in [0.29, 0.717) is 32.5 Å². The van der Waals surface area contributed by atoms with Crippen LogP contribution in [0.1, 0.15) is 12.8 Å². The van der Waals surface area contributed by atoms with Gasteiger partial charge in [0.1, 0.15) is 0 Å². The molecule has 1 fully saturated rings. The van der Waals surface area contributed by atoms with Gasteiger partial charge in [-0.25, -0.2) is 0 Å². The van der Waals surface area contributed by atoms with E-state index in [-0.39, 0.29) is 24.5 Å². The van der Waals surface area contributed by atoms with E-state index in [1.807, 2.05) is 19.0 Å². The first-order chi connectivity index (χ1) is 9.40. The number of nitrogens with zero attached hydrogens (tertiary/aromatic N) is 3.